The molecule has 0 aromatic heterocycles. The molecule has 2 aromatic carbocycles. The van der Waals surface area contributed by atoms with E-state index in [1.54, 1.807) is 25.1 Å². The molecule has 110 valence electrons. The van der Waals surface area contributed by atoms with E-state index in [4.69, 9.17) is 5.26 Å². The zero-order chi connectivity index (χ0) is 16.1. The number of carbonyl (C=O) groups is 1. The van der Waals surface area contributed by atoms with Crippen LogP contribution in [0.4, 0.5) is 10.1 Å². The quantitative estimate of drug-likeness (QED) is 0.687. The van der Waals surface area contributed by atoms with Crippen molar-refractivity contribution >= 4 is 17.7 Å². The van der Waals surface area contributed by atoms with Crippen molar-refractivity contribution in [1.29, 1.82) is 5.26 Å². The monoisotopic (exact) mass is 294 g/mol. The van der Waals surface area contributed by atoms with E-state index in [0.717, 1.165) is 5.56 Å². The van der Waals surface area contributed by atoms with Crippen LogP contribution >= 0.6 is 0 Å². The lowest BCUT2D eigenvalue weighted by molar-refractivity contribution is -0.112. The largest absolute Gasteiger partial charge is 0.321 e. The maximum Gasteiger partial charge on any atom is 0.266 e. The summed E-state index contributed by atoms with van der Waals surface area (Å²) in [6, 6.07) is 13.6. The highest BCUT2D eigenvalue weighted by Gasteiger charge is 2.10. The molecular formula is C18H15FN2O. The first-order valence-electron chi connectivity index (χ1n) is 6.75. The number of rotatable bonds is 3. The number of hydrogen-bond donors (Lipinski definition) is 1. The molecule has 0 radical (unpaired) electrons. The average molecular weight is 294 g/mol. The van der Waals surface area contributed by atoms with Gasteiger partial charge in [0.05, 0.1) is 0 Å². The Morgan fingerprint density at radius 1 is 1.18 bits per heavy atom. The van der Waals surface area contributed by atoms with Gasteiger partial charge in [0.25, 0.3) is 5.91 Å². The summed E-state index contributed by atoms with van der Waals surface area (Å²) in [5.74, 6) is -0.812. The van der Waals surface area contributed by atoms with E-state index in [1.807, 2.05) is 25.1 Å². The van der Waals surface area contributed by atoms with Crippen LogP contribution in [0.25, 0.3) is 6.08 Å². The molecule has 0 fully saturated rings. The summed E-state index contributed by atoms with van der Waals surface area (Å²) in [6.45, 7) is 3.58. The third-order valence-electron chi connectivity index (χ3n) is 3.17. The summed E-state index contributed by atoms with van der Waals surface area (Å²) in [4.78, 5) is 12.1. The average Bonchev–Trinajstić information content (AvgIpc) is 2.50. The van der Waals surface area contributed by atoms with Gasteiger partial charge in [-0.25, -0.2) is 4.39 Å². The van der Waals surface area contributed by atoms with Gasteiger partial charge in [-0.3, -0.25) is 4.79 Å². The molecule has 0 spiro atoms. The van der Waals surface area contributed by atoms with Crippen LogP contribution in [0.5, 0.6) is 0 Å². The number of nitrogens with zero attached hydrogens (tertiary/aromatic N) is 1. The molecule has 0 aliphatic rings. The summed E-state index contributed by atoms with van der Waals surface area (Å²) in [5, 5.41) is 11.8. The Morgan fingerprint density at radius 2 is 1.86 bits per heavy atom. The highest BCUT2D eigenvalue weighted by molar-refractivity contribution is 6.09. The summed E-state index contributed by atoms with van der Waals surface area (Å²) >= 11 is 0. The first kappa shape index (κ1) is 15.5. The third kappa shape index (κ3) is 3.80. The van der Waals surface area contributed by atoms with Crippen LogP contribution < -0.4 is 5.32 Å². The van der Waals surface area contributed by atoms with Gasteiger partial charge in [0.1, 0.15) is 17.5 Å². The predicted molar refractivity (Wildman–Crippen MR) is 84.5 cm³/mol. The normalized spacial score (nSPS) is 10.9. The van der Waals surface area contributed by atoms with Gasteiger partial charge >= 0.3 is 0 Å². The van der Waals surface area contributed by atoms with Gasteiger partial charge in [0.15, 0.2) is 0 Å². The number of hydrogen-bond acceptors (Lipinski definition) is 2. The number of anilines is 1. The van der Waals surface area contributed by atoms with Crippen LogP contribution in [0.1, 0.15) is 16.7 Å². The number of halogens is 1. The molecule has 0 saturated carbocycles. The molecule has 1 N–H and O–H groups in total. The van der Waals surface area contributed by atoms with Gasteiger partial charge in [-0.1, -0.05) is 23.8 Å². The van der Waals surface area contributed by atoms with E-state index in [2.05, 4.69) is 5.32 Å². The molecule has 22 heavy (non-hydrogen) atoms. The molecule has 0 saturated heterocycles. The topological polar surface area (TPSA) is 52.9 Å². The van der Waals surface area contributed by atoms with Crippen LogP contribution in [0.3, 0.4) is 0 Å². The Kier molecular flexibility index (Phi) is 4.70. The van der Waals surface area contributed by atoms with Crippen LogP contribution in [-0.2, 0) is 4.79 Å². The molecule has 2 aromatic rings. The van der Waals surface area contributed by atoms with Crippen molar-refractivity contribution in [3.8, 4) is 6.07 Å². The Balaban J connectivity index is 2.21. The van der Waals surface area contributed by atoms with Gasteiger partial charge < -0.3 is 5.32 Å². The number of aryl methyl sites for hydroxylation is 2. The summed E-state index contributed by atoms with van der Waals surface area (Å²) in [7, 11) is 0. The minimum absolute atomic E-state index is 0.0356. The van der Waals surface area contributed by atoms with E-state index >= 15 is 0 Å². The van der Waals surface area contributed by atoms with E-state index in [1.165, 1.54) is 18.2 Å². The first-order chi connectivity index (χ1) is 10.5. The molecule has 0 unspecified atom stereocenters. The van der Waals surface area contributed by atoms with Crippen molar-refractivity contribution in [3.05, 3.63) is 70.5 Å². The summed E-state index contributed by atoms with van der Waals surface area (Å²) in [6.07, 6.45) is 1.44. The van der Waals surface area contributed by atoms with E-state index in [0.29, 0.717) is 16.8 Å². The van der Waals surface area contributed by atoms with Gasteiger partial charge in [-0.05, 0) is 55.3 Å². The molecule has 0 aliphatic carbocycles. The van der Waals surface area contributed by atoms with E-state index in [9.17, 15) is 9.18 Å². The second kappa shape index (κ2) is 6.68. The SMILES string of the molecule is Cc1ccc(NC(=O)/C(C#N)=C/c2ccc(F)c(C)c2)cc1. The van der Waals surface area contributed by atoms with Crippen molar-refractivity contribution in [2.24, 2.45) is 0 Å². The van der Waals surface area contributed by atoms with Crippen LogP contribution in [0.2, 0.25) is 0 Å². The number of carbonyl (C=O) groups excluding carboxylic acids is 1. The lowest BCUT2D eigenvalue weighted by Gasteiger charge is -2.05. The van der Waals surface area contributed by atoms with Gasteiger partial charge in [0.2, 0.25) is 0 Å². The summed E-state index contributed by atoms with van der Waals surface area (Å²) in [5.41, 5.74) is 2.73. The van der Waals surface area contributed by atoms with Crippen molar-refractivity contribution in [2.45, 2.75) is 13.8 Å². The molecule has 0 atom stereocenters. The first-order valence-corrected chi connectivity index (χ1v) is 6.75. The minimum Gasteiger partial charge on any atom is -0.321 e. The van der Waals surface area contributed by atoms with Crippen molar-refractivity contribution in [3.63, 3.8) is 0 Å². The summed E-state index contributed by atoms with van der Waals surface area (Å²) < 4.78 is 13.2. The van der Waals surface area contributed by atoms with Gasteiger partial charge in [-0.2, -0.15) is 5.26 Å². The van der Waals surface area contributed by atoms with Crippen LogP contribution in [-0.4, -0.2) is 5.91 Å². The van der Waals surface area contributed by atoms with Gasteiger partial charge in [0, 0.05) is 5.69 Å². The van der Waals surface area contributed by atoms with E-state index < -0.39 is 5.91 Å². The second-order valence-electron chi connectivity index (χ2n) is 5.00. The standard InChI is InChI=1S/C18H15FN2O/c1-12-3-6-16(7-4-12)21-18(22)15(11-20)10-14-5-8-17(19)13(2)9-14/h3-10H,1-2H3,(H,21,22)/b15-10+. The fourth-order valence-electron chi connectivity index (χ4n) is 1.91. The fraction of sp³-hybridized carbons (Fsp3) is 0.111. The minimum atomic E-state index is -0.492. The van der Waals surface area contributed by atoms with Crippen molar-refractivity contribution in [1.82, 2.24) is 0 Å². The Bertz CT molecular complexity index is 771. The third-order valence-corrected chi connectivity index (χ3v) is 3.17. The molecule has 2 rings (SSSR count). The smallest absolute Gasteiger partial charge is 0.266 e. The number of amides is 1. The zero-order valence-electron chi connectivity index (χ0n) is 12.4. The highest BCUT2D eigenvalue weighted by Crippen LogP contribution is 2.14. The van der Waals surface area contributed by atoms with Crippen molar-refractivity contribution < 1.29 is 9.18 Å². The molecule has 0 bridgehead atoms. The van der Waals surface area contributed by atoms with Gasteiger partial charge in [-0.15, -0.1) is 0 Å². The predicted octanol–water partition coefficient (Wildman–Crippen LogP) is 3.99. The lowest BCUT2D eigenvalue weighted by Crippen LogP contribution is -2.13. The van der Waals surface area contributed by atoms with Crippen molar-refractivity contribution in [2.75, 3.05) is 5.32 Å². The number of benzene rings is 2. The zero-order valence-corrected chi connectivity index (χ0v) is 12.4. The second-order valence-corrected chi connectivity index (χ2v) is 5.00. The maximum absolute atomic E-state index is 13.2. The molecule has 0 aliphatic heterocycles. The highest BCUT2D eigenvalue weighted by atomic mass is 19.1. The fourth-order valence-corrected chi connectivity index (χ4v) is 1.91. The molecule has 3 nitrogen and oxygen atoms in total. The number of nitriles is 1. The Labute approximate surface area is 128 Å². The number of nitrogens with one attached hydrogen (secondary N) is 1. The molecule has 4 heteroatoms. The van der Waals surface area contributed by atoms with Crippen LogP contribution in [0.15, 0.2) is 48.0 Å². The maximum atomic E-state index is 13.2. The van der Waals surface area contributed by atoms with E-state index in [-0.39, 0.29) is 11.4 Å². The molecular weight excluding hydrogens is 279 g/mol. The molecule has 1 amide bonds. The lowest BCUT2D eigenvalue weighted by atomic mass is 10.1. The van der Waals surface area contributed by atoms with Crippen LogP contribution in [0, 0.1) is 31.0 Å². The Morgan fingerprint density at radius 3 is 2.45 bits per heavy atom. The molecule has 0 heterocycles. The Hall–Kier alpha value is -2.93.